The van der Waals surface area contributed by atoms with Gasteiger partial charge in [-0.1, -0.05) is 12.1 Å². The average Bonchev–Trinajstić information content (AvgIpc) is 2.58. The van der Waals surface area contributed by atoms with Gasteiger partial charge in [-0.2, -0.15) is 0 Å². The lowest BCUT2D eigenvalue weighted by Gasteiger charge is -2.38. The summed E-state index contributed by atoms with van der Waals surface area (Å²) in [5, 5.41) is 9.57. The number of aromatic hydroxyl groups is 1. The summed E-state index contributed by atoms with van der Waals surface area (Å²) in [6, 6.07) is 13.5. The van der Waals surface area contributed by atoms with Crippen LogP contribution in [0.15, 0.2) is 48.5 Å². The lowest BCUT2D eigenvalue weighted by atomic mass is 10.0. The average molecular weight is 342 g/mol. The molecule has 0 radical (unpaired) electrons. The number of carbonyl (C=O) groups excluding carboxylic acids is 1. The second-order valence-corrected chi connectivity index (χ2v) is 6.54. The number of hydrogen-bond acceptors (Lipinski definition) is 3. The second kappa shape index (κ2) is 7.66. The van der Waals surface area contributed by atoms with Gasteiger partial charge in [0.25, 0.3) is 0 Å². The number of carbonyl (C=O) groups is 1. The van der Waals surface area contributed by atoms with E-state index in [0.717, 1.165) is 43.7 Å². The molecule has 0 aromatic heterocycles. The van der Waals surface area contributed by atoms with Crippen molar-refractivity contribution in [1.29, 1.82) is 0 Å². The topological polar surface area (TPSA) is 43.8 Å². The molecule has 1 amide bonds. The molecule has 1 N–H and O–H groups in total. The van der Waals surface area contributed by atoms with Crippen LogP contribution in [0.2, 0.25) is 0 Å². The van der Waals surface area contributed by atoms with E-state index >= 15 is 0 Å². The summed E-state index contributed by atoms with van der Waals surface area (Å²) in [6.07, 6.45) is 1.74. The minimum Gasteiger partial charge on any atom is -0.508 e. The van der Waals surface area contributed by atoms with Gasteiger partial charge in [0.1, 0.15) is 11.6 Å². The molecule has 0 saturated carbocycles. The molecule has 1 aliphatic heterocycles. The fourth-order valence-corrected chi connectivity index (χ4v) is 3.50. The number of anilines is 1. The fraction of sp³-hybridized carbons (Fsp3) is 0.350. The Bertz CT molecular complexity index is 725. The maximum absolute atomic E-state index is 13.2. The van der Waals surface area contributed by atoms with Crippen LogP contribution in [0.5, 0.6) is 5.75 Å². The van der Waals surface area contributed by atoms with Gasteiger partial charge >= 0.3 is 0 Å². The standard InChI is InChI=1S/C20H23FN2O2/c1-15(24)23(18-7-5-17(21)6-8-18)19-9-11-22(12-10-19)14-16-3-2-4-20(25)13-16/h2-8,13,19,25H,9-12,14H2,1H3. The zero-order chi connectivity index (χ0) is 17.8. The first kappa shape index (κ1) is 17.4. The summed E-state index contributed by atoms with van der Waals surface area (Å²) >= 11 is 0. The molecule has 3 rings (SSSR count). The predicted molar refractivity (Wildman–Crippen MR) is 96.0 cm³/mol. The summed E-state index contributed by atoms with van der Waals surface area (Å²) < 4.78 is 13.2. The molecule has 25 heavy (non-hydrogen) atoms. The van der Waals surface area contributed by atoms with Crippen molar-refractivity contribution in [1.82, 2.24) is 4.90 Å². The Morgan fingerprint density at radius 3 is 2.48 bits per heavy atom. The summed E-state index contributed by atoms with van der Waals surface area (Å²) in [5.74, 6) is -0.0299. The van der Waals surface area contributed by atoms with E-state index < -0.39 is 0 Å². The highest BCUT2D eigenvalue weighted by molar-refractivity contribution is 5.92. The van der Waals surface area contributed by atoms with Gasteiger partial charge in [-0.25, -0.2) is 4.39 Å². The van der Waals surface area contributed by atoms with Gasteiger partial charge in [0.2, 0.25) is 5.91 Å². The van der Waals surface area contributed by atoms with Crippen molar-refractivity contribution in [3.63, 3.8) is 0 Å². The van der Waals surface area contributed by atoms with Crippen molar-refractivity contribution in [3.05, 3.63) is 59.9 Å². The molecule has 0 bridgehead atoms. The van der Waals surface area contributed by atoms with Crippen LogP contribution in [-0.4, -0.2) is 35.0 Å². The fourth-order valence-electron chi connectivity index (χ4n) is 3.50. The van der Waals surface area contributed by atoms with Crippen LogP contribution in [0, 0.1) is 5.82 Å². The van der Waals surface area contributed by atoms with Crippen molar-refractivity contribution in [2.75, 3.05) is 18.0 Å². The van der Waals surface area contributed by atoms with Crippen LogP contribution in [0.1, 0.15) is 25.3 Å². The van der Waals surface area contributed by atoms with E-state index in [1.165, 1.54) is 12.1 Å². The molecule has 4 nitrogen and oxygen atoms in total. The van der Waals surface area contributed by atoms with E-state index in [1.807, 2.05) is 12.1 Å². The maximum atomic E-state index is 13.2. The molecule has 2 aromatic carbocycles. The molecule has 132 valence electrons. The van der Waals surface area contributed by atoms with Gasteiger partial charge in [-0.3, -0.25) is 9.69 Å². The first-order valence-corrected chi connectivity index (χ1v) is 8.58. The van der Waals surface area contributed by atoms with Crippen LogP contribution in [0.25, 0.3) is 0 Å². The molecule has 0 spiro atoms. The Hall–Kier alpha value is -2.40. The van der Waals surface area contributed by atoms with E-state index in [0.29, 0.717) is 0 Å². The lowest BCUT2D eigenvalue weighted by molar-refractivity contribution is -0.117. The van der Waals surface area contributed by atoms with Crippen molar-refractivity contribution in [2.24, 2.45) is 0 Å². The lowest BCUT2D eigenvalue weighted by Crippen LogP contribution is -2.46. The quantitative estimate of drug-likeness (QED) is 0.924. The van der Waals surface area contributed by atoms with Crippen LogP contribution in [0.3, 0.4) is 0 Å². The largest absolute Gasteiger partial charge is 0.508 e. The zero-order valence-electron chi connectivity index (χ0n) is 14.4. The SMILES string of the molecule is CC(=O)N(c1ccc(F)cc1)C1CCN(Cc2cccc(O)c2)CC1. The molecule has 0 unspecified atom stereocenters. The minimum atomic E-state index is -0.298. The summed E-state index contributed by atoms with van der Waals surface area (Å²) in [7, 11) is 0. The van der Waals surface area contributed by atoms with Gasteiger partial charge in [0.15, 0.2) is 0 Å². The van der Waals surface area contributed by atoms with E-state index in [-0.39, 0.29) is 23.5 Å². The van der Waals surface area contributed by atoms with E-state index in [1.54, 1.807) is 36.1 Å². The molecular weight excluding hydrogens is 319 g/mol. The van der Waals surface area contributed by atoms with Gasteiger partial charge in [-0.15, -0.1) is 0 Å². The maximum Gasteiger partial charge on any atom is 0.224 e. The highest BCUT2D eigenvalue weighted by Crippen LogP contribution is 2.25. The number of likely N-dealkylation sites (tertiary alicyclic amines) is 1. The van der Waals surface area contributed by atoms with E-state index in [4.69, 9.17) is 0 Å². The zero-order valence-corrected chi connectivity index (χ0v) is 14.4. The normalized spacial score (nSPS) is 15.9. The number of rotatable bonds is 4. The molecule has 0 atom stereocenters. The first-order valence-electron chi connectivity index (χ1n) is 8.58. The Kier molecular flexibility index (Phi) is 5.34. The summed E-state index contributed by atoms with van der Waals surface area (Å²) in [4.78, 5) is 16.2. The molecule has 5 heteroatoms. The van der Waals surface area contributed by atoms with Crippen LogP contribution in [0.4, 0.5) is 10.1 Å². The van der Waals surface area contributed by atoms with Gasteiger partial charge in [0, 0.05) is 38.3 Å². The number of halogens is 1. The minimum absolute atomic E-state index is 0.0157. The smallest absolute Gasteiger partial charge is 0.224 e. The molecule has 1 heterocycles. The molecule has 0 aliphatic carbocycles. The second-order valence-electron chi connectivity index (χ2n) is 6.54. The van der Waals surface area contributed by atoms with Crippen molar-refractivity contribution in [3.8, 4) is 5.75 Å². The first-order chi connectivity index (χ1) is 12.0. The van der Waals surface area contributed by atoms with Gasteiger partial charge in [-0.05, 0) is 54.8 Å². The highest BCUT2D eigenvalue weighted by Gasteiger charge is 2.27. The number of amides is 1. The molecule has 1 saturated heterocycles. The number of phenolic OH excluding ortho intramolecular Hbond substituents is 1. The molecule has 1 fully saturated rings. The number of nitrogens with zero attached hydrogens (tertiary/aromatic N) is 2. The van der Waals surface area contributed by atoms with Crippen LogP contribution < -0.4 is 4.90 Å². The van der Waals surface area contributed by atoms with E-state index in [9.17, 15) is 14.3 Å². The van der Waals surface area contributed by atoms with Gasteiger partial charge in [0.05, 0.1) is 0 Å². The Morgan fingerprint density at radius 2 is 1.88 bits per heavy atom. The number of phenols is 1. The highest BCUT2D eigenvalue weighted by atomic mass is 19.1. The Labute approximate surface area is 147 Å². The van der Waals surface area contributed by atoms with Crippen LogP contribution in [-0.2, 0) is 11.3 Å². The van der Waals surface area contributed by atoms with Crippen molar-refractivity contribution >= 4 is 11.6 Å². The monoisotopic (exact) mass is 342 g/mol. The molecule has 2 aromatic rings. The van der Waals surface area contributed by atoms with E-state index in [2.05, 4.69) is 4.90 Å². The van der Waals surface area contributed by atoms with Crippen molar-refractivity contribution < 1.29 is 14.3 Å². The molecule has 1 aliphatic rings. The van der Waals surface area contributed by atoms with Gasteiger partial charge < -0.3 is 10.0 Å². The van der Waals surface area contributed by atoms with Crippen molar-refractivity contribution in [2.45, 2.75) is 32.4 Å². The summed E-state index contributed by atoms with van der Waals surface area (Å²) in [5.41, 5.74) is 1.83. The third-order valence-corrected chi connectivity index (χ3v) is 4.68. The Balaban J connectivity index is 1.63. The van der Waals surface area contributed by atoms with Crippen LogP contribution >= 0.6 is 0 Å². The number of benzene rings is 2. The third kappa shape index (κ3) is 4.37. The number of piperidine rings is 1. The number of hydrogen-bond donors (Lipinski definition) is 1. The summed E-state index contributed by atoms with van der Waals surface area (Å²) in [6.45, 7) is 4.11. The molecular formula is C20H23FN2O2. The third-order valence-electron chi connectivity index (χ3n) is 4.68. The Morgan fingerprint density at radius 1 is 1.20 bits per heavy atom. The predicted octanol–water partition coefficient (Wildman–Crippen LogP) is 3.55.